The largest absolute Gasteiger partial charge is 0.492 e. The molecule has 3 aromatic carbocycles. The smallest absolute Gasteiger partial charge is 0.237 e. The van der Waals surface area contributed by atoms with Crippen LogP contribution in [0.25, 0.3) is 10.8 Å². The molecule has 4 rings (SSSR count). The number of carbonyl (C=O) groups is 1. The van der Waals surface area contributed by atoms with Gasteiger partial charge in [-0.2, -0.15) is 0 Å². The second-order valence-electron chi connectivity index (χ2n) is 6.70. The number of hydrogen-bond acceptors (Lipinski definition) is 7. The number of nitrogens with zero attached hydrogens (tertiary/aromatic N) is 2. The van der Waals surface area contributed by atoms with Crippen molar-refractivity contribution < 1.29 is 9.53 Å². The summed E-state index contributed by atoms with van der Waals surface area (Å²) in [5.74, 6) is 0.685. The van der Waals surface area contributed by atoms with E-state index < -0.39 is 0 Å². The van der Waals surface area contributed by atoms with Gasteiger partial charge in [-0.25, -0.2) is 0 Å². The first-order valence-electron chi connectivity index (χ1n) is 9.91. The minimum Gasteiger partial charge on any atom is -0.492 e. The Kier molecular flexibility index (Phi) is 6.69. The molecule has 1 aromatic heterocycles. The van der Waals surface area contributed by atoms with Gasteiger partial charge in [-0.3, -0.25) is 4.79 Å². The van der Waals surface area contributed by atoms with E-state index in [2.05, 4.69) is 20.8 Å². The predicted molar refractivity (Wildman–Crippen MR) is 129 cm³/mol. The molecule has 0 radical (unpaired) electrons. The minimum atomic E-state index is -0.324. The molecule has 1 atom stereocenters. The highest BCUT2D eigenvalue weighted by atomic mass is 32.2. The zero-order chi connectivity index (χ0) is 21.6. The lowest BCUT2D eigenvalue weighted by molar-refractivity contribution is -0.115. The summed E-state index contributed by atoms with van der Waals surface area (Å²) in [6.07, 6.45) is 0. The molecule has 1 heterocycles. The van der Waals surface area contributed by atoms with Crippen LogP contribution in [0.3, 0.4) is 0 Å². The number of anilines is 3. The Morgan fingerprint density at radius 1 is 1.03 bits per heavy atom. The number of para-hydroxylation sites is 2. The number of aromatic nitrogens is 2. The fraction of sp³-hybridized carbons (Fsp3) is 0.174. The summed E-state index contributed by atoms with van der Waals surface area (Å²) in [5, 5.41) is 17.1. The van der Waals surface area contributed by atoms with Crippen molar-refractivity contribution in [3.63, 3.8) is 0 Å². The molecule has 1 amide bonds. The molecule has 2 N–H and O–H groups in total. The Morgan fingerprint density at radius 3 is 2.65 bits per heavy atom. The Labute approximate surface area is 189 Å². The minimum absolute atomic E-state index is 0.0762. The van der Waals surface area contributed by atoms with Crippen LogP contribution in [0.2, 0.25) is 0 Å². The van der Waals surface area contributed by atoms with E-state index in [1.807, 2.05) is 80.6 Å². The molecule has 0 fully saturated rings. The highest BCUT2D eigenvalue weighted by molar-refractivity contribution is 8.02. The van der Waals surface area contributed by atoms with Gasteiger partial charge in [-0.1, -0.05) is 71.6 Å². The third-order valence-corrected chi connectivity index (χ3v) is 6.55. The van der Waals surface area contributed by atoms with Crippen molar-refractivity contribution >= 4 is 56.3 Å². The number of fused-ring (bicyclic) bond motifs is 1. The quantitative estimate of drug-likeness (QED) is 0.323. The van der Waals surface area contributed by atoms with Crippen molar-refractivity contribution in [3.05, 3.63) is 66.7 Å². The Hall–Kier alpha value is -3.10. The maximum Gasteiger partial charge on any atom is 0.237 e. The maximum atomic E-state index is 12.8. The van der Waals surface area contributed by atoms with E-state index in [-0.39, 0.29) is 11.2 Å². The van der Waals surface area contributed by atoms with Crippen LogP contribution in [-0.4, -0.2) is 28.0 Å². The highest BCUT2D eigenvalue weighted by Gasteiger charge is 2.18. The average Bonchev–Trinajstić information content (AvgIpc) is 3.22. The van der Waals surface area contributed by atoms with Gasteiger partial charge >= 0.3 is 0 Å². The topological polar surface area (TPSA) is 76.1 Å². The van der Waals surface area contributed by atoms with E-state index >= 15 is 0 Å². The number of carbonyl (C=O) groups excluding carboxylic acids is 1. The number of hydrogen-bond donors (Lipinski definition) is 2. The van der Waals surface area contributed by atoms with Crippen molar-refractivity contribution in [2.24, 2.45) is 0 Å². The van der Waals surface area contributed by atoms with Crippen LogP contribution in [0.15, 0.2) is 71.1 Å². The molecule has 0 bridgehead atoms. The average molecular weight is 451 g/mol. The molecular weight excluding hydrogens is 428 g/mol. The number of ether oxygens (including phenoxy) is 1. The third kappa shape index (κ3) is 5.15. The van der Waals surface area contributed by atoms with E-state index in [4.69, 9.17) is 4.74 Å². The van der Waals surface area contributed by atoms with Crippen LogP contribution < -0.4 is 15.4 Å². The van der Waals surface area contributed by atoms with Gasteiger partial charge in [0.05, 0.1) is 17.5 Å². The first kappa shape index (κ1) is 21.1. The van der Waals surface area contributed by atoms with E-state index in [1.54, 1.807) is 0 Å². The van der Waals surface area contributed by atoms with Gasteiger partial charge in [0.15, 0.2) is 4.34 Å². The normalized spacial score (nSPS) is 11.8. The first-order chi connectivity index (χ1) is 15.1. The summed E-state index contributed by atoms with van der Waals surface area (Å²) >= 11 is 2.79. The fourth-order valence-electron chi connectivity index (χ4n) is 3.05. The number of amides is 1. The van der Waals surface area contributed by atoms with Crippen molar-refractivity contribution in [2.75, 3.05) is 17.2 Å². The van der Waals surface area contributed by atoms with Crippen LogP contribution in [0.4, 0.5) is 16.5 Å². The molecule has 0 aliphatic carbocycles. The molecule has 31 heavy (non-hydrogen) atoms. The molecule has 4 aromatic rings. The molecule has 0 saturated heterocycles. The van der Waals surface area contributed by atoms with Gasteiger partial charge in [0.1, 0.15) is 5.75 Å². The SMILES string of the molecule is CCOc1ccccc1Nc1nnc(S[C@H](C)C(=O)Nc2cccc3ccccc23)s1. The zero-order valence-corrected chi connectivity index (χ0v) is 18.8. The lowest BCUT2D eigenvalue weighted by atomic mass is 10.1. The fourth-order valence-corrected chi connectivity index (χ4v) is 4.96. The predicted octanol–water partition coefficient (Wildman–Crippen LogP) is 5.95. The molecular formula is C23H22N4O2S2. The third-order valence-electron chi connectivity index (χ3n) is 4.53. The second-order valence-corrected chi connectivity index (χ2v) is 9.27. The monoisotopic (exact) mass is 450 g/mol. The summed E-state index contributed by atoms with van der Waals surface area (Å²) in [6.45, 7) is 4.39. The van der Waals surface area contributed by atoms with E-state index in [0.717, 1.165) is 32.2 Å². The summed E-state index contributed by atoms with van der Waals surface area (Å²) < 4.78 is 6.35. The van der Waals surface area contributed by atoms with Crippen LogP contribution in [0, 0.1) is 0 Å². The van der Waals surface area contributed by atoms with E-state index in [0.29, 0.717) is 11.7 Å². The Balaban J connectivity index is 1.41. The first-order valence-corrected chi connectivity index (χ1v) is 11.6. The van der Waals surface area contributed by atoms with Gasteiger partial charge in [-0.05, 0) is 37.4 Å². The van der Waals surface area contributed by atoms with Crippen LogP contribution in [0.5, 0.6) is 5.75 Å². The van der Waals surface area contributed by atoms with Crippen molar-refractivity contribution in [1.82, 2.24) is 10.2 Å². The zero-order valence-electron chi connectivity index (χ0n) is 17.2. The van der Waals surface area contributed by atoms with Crippen LogP contribution in [-0.2, 0) is 4.79 Å². The molecule has 158 valence electrons. The number of rotatable bonds is 8. The molecule has 8 heteroatoms. The summed E-state index contributed by atoms with van der Waals surface area (Å²) in [4.78, 5) is 12.8. The van der Waals surface area contributed by atoms with Crippen molar-refractivity contribution in [3.8, 4) is 5.75 Å². The van der Waals surface area contributed by atoms with Gasteiger partial charge < -0.3 is 15.4 Å². The molecule has 0 aliphatic rings. The van der Waals surface area contributed by atoms with Crippen LogP contribution >= 0.6 is 23.1 Å². The Bertz CT molecular complexity index is 1190. The summed E-state index contributed by atoms with van der Waals surface area (Å²) in [5.41, 5.74) is 1.64. The lowest BCUT2D eigenvalue weighted by Gasteiger charge is -2.12. The van der Waals surface area contributed by atoms with Gasteiger partial charge in [0.2, 0.25) is 11.0 Å². The lowest BCUT2D eigenvalue weighted by Crippen LogP contribution is -2.22. The number of thioether (sulfide) groups is 1. The summed E-state index contributed by atoms with van der Waals surface area (Å²) in [7, 11) is 0. The Morgan fingerprint density at radius 2 is 1.77 bits per heavy atom. The summed E-state index contributed by atoms with van der Waals surface area (Å²) in [6, 6.07) is 21.6. The number of benzene rings is 3. The highest BCUT2D eigenvalue weighted by Crippen LogP contribution is 2.33. The molecule has 0 unspecified atom stereocenters. The number of nitrogens with one attached hydrogen (secondary N) is 2. The van der Waals surface area contributed by atoms with E-state index in [9.17, 15) is 4.79 Å². The van der Waals surface area contributed by atoms with E-state index in [1.165, 1.54) is 23.1 Å². The van der Waals surface area contributed by atoms with Crippen LogP contribution in [0.1, 0.15) is 13.8 Å². The van der Waals surface area contributed by atoms with Crippen molar-refractivity contribution in [1.29, 1.82) is 0 Å². The van der Waals surface area contributed by atoms with Gasteiger partial charge in [-0.15, -0.1) is 10.2 Å². The molecule has 0 saturated carbocycles. The van der Waals surface area contributed by atoms with Crippen molar-refractivity contribution in [2.45, 2.75) is 23.4 Å². The van der Waals surface area contributed by atoms with Gasteiger partial charge in [0, 0.05) is 11.1 Å². The molecule has 0 aliphatic heterocycles. The van der Waals surface area contributed by atoms with Gasteiger partial charge in [0.25, 0.3) is 0 Å². The second kappa shape index (κ2) is 9.80. The standard InChI is InChI=1S/C23H22N4O2S2/c1-3-29-20-14-7-6-12-19(20)25-22-26-27-23(31-22)30-15(2)21(28)24-18-13-8-10-16-9-4-5-11-17(16)18/h4-15H,3H2,1-2H3,(H,24,28)(H,25,26)/t15-/m1/s1. The molecule has 0 spiro atoms. The maximum absolute atomic E-state index is 12.8. The molecule has 6 nitrogen and oxygen atoms in total.